The summed E-state index contributed by atoms with van der Waals surface area (Å²) in [7, 11) is 1.48. The summed E-state index contributed by atoms with van der Waals surface area (Å²) in [6.45, 7) is 2.49. The van der Waals surface area contributed by atoms with Gasteiger partial charge in [-0.1, -0.05) is 12.1 Å². The van der Waals surface area contributed by atoms with Gasteiger partial charge in [0.2, 0.25) is 0 Å². The van der Waals surface area contributed by atoms with Crippen LogP contribution in [-0.4, -0.2) is 31.7 Å². The van der Waals surface area contributed by atoms with E-state index in [1.165, 1.54) is 13.3 Å². The first kappa shape index (κ1) is 18.0. The summed E-state index contributed by atoms with van der Waals surface area (Å²) in [6.07, 6.45) is 1.43. The van der Waals surface area contributed by atoms with Gasteiger partial charge >= 0.3 is 11.8 Å². The number of carbonyl (C=O) groups is 2. The van der Waals surface area contributed by atoms with Crippen LogP contribution in [0.1, 0.15) is 12.5 Å². The Hall–Kier alpha value is -3.35. The minimum absolute atomic E-state index is 0.403. The summed E-state index contributed by atoms with van der Waals surface area (Å²) < 4.78 is 10.4. The number of nitrogens with zero attached hydrogens (tertiary/aromatic N) is 1. The van der Waals surface area contributed by atoms with Crippen molar-refractivity contribution in [2.24, 2.45) is 5.10 Å². The van der Waals surface area contributed by atoms with Crippen molar-refractivity contribution in [1.29, 1.82) is 0 Å². The molecule has 0 saturated heterocycles. The van der Waals surface area contributed by atoms with Crippen LogP contribution >= 0.6 is 0 Å². The van der Waals surface area contributed by atoms with Crippen LogP contribution in [0.25, 0.3) is 0 Å². The number of carbonyl (C=O) groups excluding carboxylic acids is 2. The molecule has 2 aromatic carbocycles. The van der Waals surface area contributed by atoms with E-state index in [2.05, 4.69) is 15.8 Å². The van der Waals surface area contributed by atoms with E-state index in [0.717, 1.165) is 11.3 Å². The van der Waals surface area contributed by atoms with Crippen LogP contribution in [0.2, 0.25) is 0 Å². The number of nitrogens with one attached hydrogen (secondary N) is 2. The average Bonchev–Trinajstić information content (AvgIpc) is 2.63. The first-order chi connectivity index (χ1) is 12.1. The van der Waals surface area contributed by atoms with Crippen molar-refractivity contribution in [3.63, 3.8) is 0 Å². The van der Waals surface area contributed by atoms with E-state index < -0.39 is 11.8 Å². The summed E-state index contributed by atoms with van der Waals surface area (Å²) >= 11 is 0. The average molecular weight is 341 g/mol. The molecule has 130 valence electrons. The highest BCUT2D eigenvalue weighted by Crippen LogP contribution is 2.22. The second-order valence-corrected chi connectivity index (χ2v) is 4.86. The highest BCUT2D eigenvalue weighted by Gasteiger charge is 2.14. The van der Waals surface area contributed by atoms with E-state index >= 15 is 0 Å². The number of amides is 2. The molecule has 0 fully saturated rings. The van der Waals surface area contributed by atoms with Gasteiger partial charge in [-0.3, -0.25) is 9.59 Å². The Labute approximate surface area is 145 Å². The molecule has 7 nitrogen and oxygen atoms in total. The normalized spacial score (nSPS) is 10.3. The molecule has 25 heavy (non-hydrogen) atoms. The Morgan fingerprint density at radius 3 is 2.48 bits per heavy atom. The van der Waals surface area contributed by atoms with Crippen LogP contribution in [0.15, 0.2) is 53.6 Å². The molecule has 0 aliphatic rings. The lowest BCUT2D eigenvalue weighted by Gasteiger charge is -2.08. The van der Waals surface area contributed by atoms with Crippen LogP contribution in [0.3, 0.4) is 0 Å². The van der Waals surface area contributed by atoms with Gasteiger partial charge in [0, 0.05) is 0 Å². The smallest absolute Gasteiger partial charge is 0.329 e. The fourth-order valence-electron chi connectivity index (χ4n) is 1.96. The van der Waals surface area contributed by atoms with Crippen molar-refractivity contribution in [2.75, 3.05) is 19.0 Å². The summed E-state index contributed by atoms with van der Waals surface area (Å²) in [5.74, 6) is -0.511. The molecule has 0 saturated carbocycles. The summed E-state index contributed by atoms with van der Waals surface area (Å²) in [4.78, 5) is 23.6. The Morgan fingerprint density at radius 2 is 1.80 bits per heavy atom. The molecule has 0 radical (unpaired) electrons. The highest BCUT2D eigenvalue weighted by atomic mass is 16.5. The largest absolute Gasteiger partial charge is 0.495 e. The molecular weight excluding hydrogens is 322 g/mol. The number of anilines is 1. The molecule has 0 heterocycles. The topological polar surface area (TPSA) is 89.0 Å². The van der Waals surface area contributed by atoms with Gasteiger partial charge in [-0.05, 0) is 48.9 Å². The molecule has 0 bridgehead atoms. The van der Waals surface area contributed by atoms with Gasteiger partial charge < -0.3 is 14.8 Å². The lowest BCUT2D eigenvalue weighted by atomic mass is 10.2. The number of hydrazone groups is 1. The molecule has 2 aromatic rings. The van der Waals surface area contributed by atoms with Crippen LogP contribution in [0.5, 0.6) is 11.5 Å². The van der Waals surface area contributed by atoms with Crippen molar-refractivity contribution >= 4 is 23.7 Å². The lowest BCUT2D eigenvalue weighted by Crippen LogP contribution is -2.32. The van der Waals surface area contributed by atoms with Crippen LogP contribution < -0.4 is 20.2 Å². The number of hydrogen-bond acceptors (Lipinski definition) is 5. The molecule has 0 aliphatic heterocycles. The van der Waals surface area contributed by atoms with Gasteiger partial charge in [-0.15, -0.1) is 0 Å². The number of ether oxygens (including phenoxy) is 2. The van der Waals surface area contributed by atoms with Crippen molar-refractivity contribution < 1.29 is 19.1 Å². The van der Waals surface area contributed by atoms with Crippen LogP contribution in [0, 0.1) is 0 Å². The molecule has 0 atom stereocenters. The number of benzene rings is 2. The van der Waals surface area contributed by atoms with Gasteiger partial charge in [-0.25, -0.2) is 5.43 Å². The van der Waals surface area contributed by atoms with Crippen molar-refractivity contribution in [1.82, 2.24) is 5.43 Å². The second-order valence-electron chi connectivity index (χ2n) is 4.86. The molecule has 0 unspecified atom stereocenters. The zero-order valence-electron chi connectivity index (χ0n) is 14.0. The molecule has 7 heteroatoms. The van der Waals surface area contributed by atoms with E-state index in [0.29, 0.717) is 18.0 Å². The monoisotopic (exact) mass is 341 g/mol. The molecule has 2 rings (SSSR count). The predicted molar refractivity (Wildman–Crippen MR) is 95.0 cm³/mol. The number of rotatable bonds is 6. The van der Waals surface area contributed by atoms with E-state index in [4.69, 9.17) is 9.47 Å². The molecule has 2 amide bonds. The maximum atomic E-state index is 11.9. The SMILES string of the molecule is CCOc1ccc(/C=N\NC(=O)C(=O)Nc2ccccc2OC)cc1. The zero-order valence-corrected chi connectivity index (χ0v) is 14.0. The highest BCUT2D eigenvalue weighted by molar-refractivity contribution is 6.39. The van der Waals surface area contributed by atoms with Crippen molar-refractivity contribution in [2.45, 2.75) is 6.92 Å². The lowest BCUT2D eigenvalue weighted by molar-refractivity contribution is -0.136. The third kappa shape index (κ3) is 5.35. The van der Waals surface area contributed by atoms with Crippen molar-refractivity contribution in [3.05, 3.63) is 54.1 Å². The van der Waals surface area contributed by atoms with Gasteiger partial charge in [0.1, 0.15) is 11.5 Å². The predicted octanol–water partition coefficient (Wildman–Crippen LogP) is 2.18. The van der Waals surface area contributed by atoms with E-state index in [9.17, 15) is 9.59 Å². The first-order valence-electron chi connectivity index (χ1n) is 7.64. The number of para-hydroxylation sites is 2. The first-order valence-corrected chi connectivity index (χ1v) is 7.64. The Morgan fingerprint density at radius 1 is 1.08 bits per heavy atom. The van der Waals surface area contributed by atoms with Crippen molar-refractivity contribution in [3.8, 4) is 11.5 Å². The summed E-state index contributed by atoms with van der Waals surface area (Å²) in [5.41, 5.74) is 3.34. The fraction of sp³-hybridized carbons (Fsp3) is 0.167. The Kier molecular flexibility index (Phi) is 6.53. The molecular formula is C18H19N3O4. The number of methoxy groups -OCH3 is 1. The van der Waals surface area contributed by atoms with Crippen LogP contribution in [-0.2, 0) is 9.59 Å². The molecule has 2 N–H and O–H groups in total. The van der Waals surface area contributed by atoms with Gasteiger partial charge in [0.15, 0.2) is 0 Å². The molecule has 0 aromatic heterocycles. The Bertz CT molecular complexity index is 757. The van der Waals surface area contributed by atoms with E-state index in [1.807, 2.05) is 6.92 Å². The van der Waals surface area contributed by atoms with Gasteiger partial charge in [0.25, 0.3) is 0 Å². The van der Waals surface area contributed by atoms with Gasteiger partial charge in [-0.2, -0.15) is 5.10 Å². The third-order valence-corrected chi connectivity index (χ3v) is 3.13. The second kappa shape index (κ2) is 9.07. The van der Waals surface area contributed by atoms with Crippen LogP contribution in [0.4, 0.5) is 5.69 Å². The number of hydrogen-bond donors (Lipinski definition) is 2. The molecule has 0 aliphatic carbocycles. The van der Waals surface area contributed by atoms with Gasteiger partial charge in [0.05, 0.1) is 25.6 Å². The van der Waals surface area contributed by atoms with E-state index in [-0.39, 0.29) is 0 Å². The Balaban J connectivity index is 1.89. The summed E-state index contributed by atoms with van der Waals surface area (Å²) in [5, 5.41) is 6.23. The summed E-state index contributed by atoms with van der Waals surface area (Å²) in [6, 6.07) is 14.0. The maximum Gasteiger partial charge on any atom is 0.329 e. The fourth-order valence-corrected chi connectivity index (χ4v) is 1.96. The zero-order chi connectivity index (χ0) is 18.1. The molecule has 0 spiro atoms. The quantitative estimate of drug-likeness (QED) is 0.479. The van der Waals surface area contributed by atoms with E-state index in [1.54, 1.807) is 48.5 Å². The third-order valence-electron chi connectivity index (χ3n) is 3.13. The maximum absolute atomic E-state index is 11.9. The minimum atomic E-state index is -0.881. The standard InChI is InChI=1S/C18H19N3O4/c1-3-25-14-10-8-13(9-11-14)12-19-21-18(23)17(22)20-15-6-4-5-7-16(15)24-2/h4-12H,3H2,1-2H3,(H,20,22)(H,21,23)/b19-12-. The minimum Gasteiger partial charge on any atom is -0.495 e.